The zero-order valence-electron chi connectivity index (χ0n) is 11.7. The van der Waals surface area contributed by atoms with Crippen LogP contribution in [0.15, 0.2) is 6.20 Å². The largest absolute Gasteiger partial charge is 0.362 e. The van der Waals surface area contributed by atoms with Gasteiger partial charge in [0, 0.05) is 29.7 Å². The summed E-state index contributed by atoms with van der Waals surface area (Å²) in [6.07, 6.45) is 4.28. The highest BCUT2D eigenvalue weighted by Crippen LogP contribution is 2.24. The Bertz CT molecular complexity index is 333. The number of aromatic nitrogens is 1. The lowest BCUT2D eigenvalue weighted by atomic mass is 10.0. The van der Waals surface area contributed by atoms with E-state index >= 15 is 0 Å². The molecular weight excluding hydrogens is 230 g/mol. The molecule has 1 N–H and O–H groups in total. The quantitative estimate of drug-likeness (QED) is 0.807. The van der Waals surface area contributed by atoms with Crippen molar-refractivity contribution in [1.29, 1.82) is 0 Å². The van der Waals surface area contributed by atoms with Crippen LogP contribution in [0.25, 0.3) is 0 Å². The Kier molecular flexibility index (Phi) is 5.40. The molecule has 0 fully saturated rings. The third-order valence-corrected chi connectivity index (χ3v) is 4.31. The topological polar surface area (TPSA) is 28.2 Å². The highest BCUT2D eigenvalue weighted by molar-refractivity contribution is 7.15. The molecule has 3 nitrogen and oxygen atoms in total. The first kappa shape index (κ1) is 14.5. The zero-order valence-corrected chi connectivity index (χ0v) is 12.5. The molecule has 0 unspecified atom stereocenters. The number of thiazole rings is 1. The Morgan fingerprint density at radius 3 is 2.71 bits per heavy atom. The van der Waals surface area contributed by atoms with Gasteiger partial charge < -0.3 is 5.32 Å². The first-order valence-electron chi connectivity index (χ1n) is 6.39. The van der Waals surface area contributed by atoms with Gasteiger partial charge in [-0.1, -0.05) is 13.8 Å². The molecule has 0 spiro atoms. The van der Waals surface area contributed by atoms with Crippen molar-refractivity contribution in [2.24, 2.45) is 0 Å². The van der Waals surface area contributed by atoms with Gasteiger partial charge in [-0.2, -0.15) is 0 Å². The number of rotatable bonds is 7. The second kappa shape index (κ2) is 6.36. The van der Waals surface area contributed by atoms with E-state index in [9.17, 15) is 0 Å². The van der Waals surface area contributed by atoms with E-state index in [0.29, 0.717) is 0 Å². The summed E-state index contributed by atoms with van der Waals surface area (Å²) in [4.78, 5) is 8.11. The summed E-state index contributed by atoms with van der Waals surface area (Å²) in [5.74, 6) is 0. The van der Waals surface area contributed by atoms with Crippen LogP contribution in [0.5, 0.6) is 0 Å². The van der Waals surface area contributed by atoms with E-state index in [1.54, 1.807) is 11.3 Å². The fourth-order valence-corrected chi connectivity index (χ4v) is 2.30. The molecule has 0 radical (unpaired) electrons. The lowest BCUT2D eigenvalue weighted by Crippen LogP contribution is -2.39. The molecule has 4 heteroatoms. The molecule has 0 aromatic carbocycles. The van der Waals surface area contributed by atoms with Gasteiger partial charge in [-0.25, -0.2) is 4.98 Å². The summed E-state index contributed by atoms with van der Waals surface area (Å²) in [6.45, 7) is 10.9. The molecule has 0 bridgehead atoms. The van der Waals surface area contributed by atoms with E-state index in [1.165, 1.54) is 4.88 Å². The van der Waals surface area contributed by atoms with E-state index in [2.05, 4.69) is 49.9 Å². The molecule has 0 amide bonds. The minimum Gasteiger partial charge on any atom is -0.362 e. The molecule has 0 atom stereocenters. The van der Waals surface area contributed by atoms with E-state index in [1.807, 2.05) is 6.20 Å². The molecular formula is C13H25N3S. The maximum Gasteiger partial charge on any atom is 0.182 e. The summed E-state index contributed by atoms with van der Waals surface area (Å²) in [6, 6.07) is 0. The third kappa shape index (κ3) is 4.28. The Labute approximate surface area is 109 Å². The minimum atomic E-state index is 0.251. The van der Waals surface area contributed by atoms with Crippen LogP contribution in [-0.2, 0) is 6.54 Å². The van der Waals surface area contributed by atoms with Gasteiger partial charge in [0.2, 0.25) is 0 Å². The SMILES string of the molecule is CCCNc1ncc(CN(C)C(C)(C)CC)s1. The highest BCUT2D eigenvalue weighted by Gasteiger charge is 2.21. The summed E-state index contributed by atoms with van der Waals surface area (Å²) < 4.78 is 0. The summed E-state index contributed by atoms with van der Waals surface area (Å²) in [5, 5.41) is 4.38. The van der Waals surface area contributed by atoms with Crippen molar-refractivity contribution in [2.45, 2.75) is 52.6 Å². The first-order valence-corrected chi connectivity index (χ1v) is 7.21. The van der Waals surface area contributed by atoms with Crippen molar-refractivity contribution in [3.05, 3.63) is 11.1 Å². The Balaban J connectivity index is 2.54. The molecule has 0 saturated carbocycles. The molecule has 0 aliphatic rings. The predicted octanol–water partition coefficient (Wildman–Crippen LogP) is 3.59. The molecule has 98 valence electrons. The monoisotopic (exact) mass is 255 g/mol. The smallest absolute Gasteiger partial charge is 0.182 e. The van der Waals surface area contributed by atoms with Crippen LogP contribution in [-0.4, -0.2) is 29.0 Å². The van der Waals surface area contributed by atoms with Gasteiger partial charge in [0.1, 0.15) is 0 Å². The standard InChI is InChI=1S/C13H25N3S/c1-6-8-14-12-15-9-11(17-12)10-16(5)13(3,4)7-2/h9H,6-8,10H2,1-5H3,(H,14,15). The fourth-order valence-electron chi connectivity index (χ4n) is 1.41. The van der Waals surface area contributed by atoms with E-state index in [4.69, 9.17) is 0 Å². The molecule has 1 aromatic heterocycles. The number of hydrogen-bond donors (Lipinski definition) is 1. The lowest BCUT2D eigenvalue weighted by molar-refractivity contribution is 0.144. The van der Waals surface area contributed by atoms with Crippen molar-refractivity contribution in [3.8, 4) is 0 Å². The highest BCUT2D eigenvalue weighted by atomic mass is 32.1. The molecule has 1 rings (SSSR count). The normalized spacial score (nSPS) is 12.1. The first-order chi connectivity index (χ1) is 7.99. The van der Waals surface area contributed by atoms with Crippen LogP contribution in [0, 0.1) is 0 Å². The van der Waals surface area contributed by atoms with Gasteiger partial charge in [0.15, 0.2) is 5.13 Å². The Hall–Kier alpha value is -0.610. The van der Waals surface area contributed by atoms with Gasteiger partial charge in [-0.05, 0) is 33.7 Å². The van der Waals surface area contributed by atoms with Crippen molar-refractivity contribution in [3.63, 3.8) is 0 Å². The van der Waals surface area contributed by atoms with Crippen molar-refractivity contribution < 1.29 is 0 Å². The summed E-state index contributed by atoms with van der Waals surface area (Å²) in [5.41, 5.74) is 0.251. The number of nitrogens with one attached hydrogen (secondary N) is 1. The average molecular weight is 255 g/mol. The fraction of sp³-hybridized carbons (Fsp3) is 0.769. The number of anilines is 1. The molecule has 17 heavy (non-hydrogen) atoms. The van der Waals surface area contributed by atoms with E-state index in [-0.39, 0.29) is 5.54 Å². The molecule has 0 saturated heterocycles. The second-order valence-electron chi connectivity index (χ2n) is 5.08. The van der Waals surface area contributed by atoms with Crippen LogP contribution in [0.4, 0.5) is 5.13 Å². The van der Waals surface area contributed by atoms with E-state index in [0.717, 1.165) is 31.1 Å². The molecule has 0 aliphatic heterocycles. The molecule has 1 heterocycles. The third-order valence-electron chi connectivity index (χ3n) is 3.37. The summed E-state index contributed by atoms with van der Waals surface area (Å²) >= 11 is 1.76. The predicted molar refractivity (Wildman–Crippen MR) is 76.7 cm³/mol. The minimum absolute atomic E-state index is 0.251. The van der Waals surface area contributed by atoms with Gasteiger partial charge in [0.05, 0.1) is 0 Å². The van der Waals surface area contributed by atoms with Gasteiger partial charge in [-0.3, -0.25) is 4.90 Å². The van der Waals surface area contributed by atoms with E-state index < -0.39 is 0 Å². The molecule has 0 aliphatic carbocycles. The van der Waals surface area contributed by atoms with Gasteiger partial charge >= 0.3 is 0 Å². The Morgan fingerprint density at radius 2 is 2.12 bits per heavy atom. The summed E-state index contributed by atoms with van der Waals surface area (Å²) in [7, 11) is 2.18. The number of nitrogens with zero attached hydrogens (tertiary/aromatic N) is 2. The van der Waals surface area contributed by atoms with Crippen molar-refractivity contribution in [1.82, 2.24) is 9.88 Å². The van der Waals surface area contributed by atoms with Crippen molar-refractivity contribution >= 4 is 16.5 Å². The van der Waals surface area contributed by atoms with Crippen LogP contribution >= 0.6 is 11.3 Å². The lowest BCUT2D eigenvalue weighted by Gasteiger charge is -2.34. The zero-order chi connectivity index (χ0) is 12.9. The maximum absolute atomic E-state index is 4.40. The maximum atomic E-state index is 4.40. The van der Waals surface area contributed by atoms with Crippen LogP contribution in [0.3, 0.4) is 0 Å². The average Bonchev–Trinajstić information content (AvgIpc) is 2.74. The van der Waals surface area contributed by atoms with Gasteiger partial charge in [-0.15, -0.1) is 11.3 Å². The second-order valence-corrected chi connectivity index (χ2v) is 6.20. The van der Waals surface area contributed by atoms with Crippen LogP contribution in [0.2, 0.25) is 0 Å². The number of hydrogen-bond acceptors (Lipinski definition) is 4. The molecule has 1 aromatic rings. The van der Waals surface area contributed by atoms with Gasteiger partial charge in [0.25, 0.3) is 0 Å². The van der Waals surface area contributed by atoms with Crippen molar-refractivity contribution in [2.75, 3.05) is 18.9 Å². The van der Waals surface area contributed by atoms with Crippen LogP contribution < -0.4 is 5.32 Å². The Morgan fingerprint density at radius 1 is 1.41 bits per heavy atom. The van der Waals surface area contributed by atoms with Crippen LogP contribution in [0.1, 0.15) is 45.4 Å².